The zero-order valence-electron chi connectivity index (χ0n) is 14.8. The van der Waals surface area contributed by atoms with Crippen molar-refractivity contribution in [3.8, 4) is 5.75 Å². The third kappa shape index (κ3) is 3.61. The highest BCUT2D eigenvalue weighted by molar-refractivity contribution is 7.99. The number of fused-ring (bicyclic) bond motifs is 1. The lowest BCUT2D eigenvalue weighted by Gasteiger charge is -2.07. The van der Waals surface area contributed by atoms with Crippen molar-refractivity contribution in [3.05, 3.63) is 65.6 Å². The van der Waals surface area contributed by atoms with Crippen molar-refractivity contribution in [2.45, 2.75) is 23.4 Å². The van der Waals surface area contributed by atoms with Crippen LogP contribution in [0.5, 0.6) is 5.75 Å². The van der Waals surface area contributed by atoms with Crippen molar-refractivity contribution in [1.29, 1.82) is 0 Å². The number of hydrogen-bond donors (Lipinski definition) is 0. The summed E-state index contributed by atoms with van der Waals surface area (Å²) in [6.45, 7) is 2.33. The minimum Gasteiger partial charge on any atom is -0.497 e. The zero-order chi connectivity index (χ0) is 18.8. The first-order valence-electron chi connectivity index (χ1n) is 8.27. The molecule has 27 heavy (non-hydrogen) atoms. The maximum atomic E-state index is 13.2. The summed E-state index contributed by atoms with van der Waals surface area (Å²) in [7, 11) is 1.64. The van der Waals surface area contributed by atoms with Gasteiger partial charge >= 0.3 is 0 Å². The Bertz CT molecular complexity index is 1080. The molecule has 2 aromatic carbocycles. The van der Waals surface area contributed by atoms with E-state index in [1.165, 1.54) is 23.9 Å². The van der Waals surface area contributed by atoms with Gasteiger partial charge in [-0.25, -0.2) is 9.07 Å². The minimum atomic E-state index is -0.264. The van der Waals surface area contributed by atoms with Crippen LogP contribution in [0.15, 0.2) is 58.5 Å². The molecule has 6 nitrogen and oxygen atoms in total. The summed E-state index contributed by atoms with van der Waals surface area (Å²) in [4.78, 5) is 1.00. The number of nitrogens with zero attached hydrogens (tertiary/aromatic N) is 5. The van der Waals surface area contributed by atoms with Gasteiger partial charge < -0.3 is 4.74 Å². The molecular weight excluding hydrogens is 365 g/mol. The highest BCUT2D eigenvalue weighted by Gasteiger charge is 2.16. The Kier molecular flexibility index (Phi) is 4.72. The van der Waals surface area contributed by atoms with E-state index in [9.17, 15) is 4.39 Å². The number of hydrogen-bond acceptors (Lipinski definition) is 6. The number of rotatable bonds is 5. The molecule has 0 aliphatic rings. The van der Waals surface area contributed by atoms with Gasteiger partial charge in [-0.1, -0.05) is 29.1 Å². The third-order valence-corrected chi connectivity index (χ3v) is 5.07. The van der Waals surface area contributed by atoms with Crippen molar-refractivity contribution in [3.63, 3.8) is 0 Å². The molecule has 0 saturated carbocycles. The Morgan fingerprint density at radius 3 is 2.44 bits per heavy atom. The smallest absolute Gasteiger partial charge is 0.151 e. The Hall–Kier alpha value is -3.00. The van der Waals surface area contributed by atoms with E-state index < -0.39 is 0 Å². The maximum Gasteiger partial charge on any atom is 0.151 e. The highest BCUT2D eigenvalue weighted by atomic mass is 32.2. The second-order valence-electron chi connectivity index (χ2n) is 5.94. The molecule has 0 amide bonds. The van der Waals surface area contributed by atoms with Gasteiger partial charge in [0.05, 0.1) is 19.3 Å². The maximum absolute atomic E-state index is 13.2. The van der Waals surface area contributed by atoms with E-state index in [4.69, 9.17) is 4.74 Å². The summed E-state index contributed by atoms with van der Waals surface area (Å²) >= 11 is 1.49. The van der Waals surface area contributed by atoms with Gasteiger partial charge in [0.25, 0.3) is 0 Å². The Morgan fingerprint density at radius 1 is 1.00 bits per heavy atom. The van der Waals surface area contributed by atoms with E-state index in [0.29, 0.717) is 17.1 Å². The molecule has 0 bridgehead atoms. The topological polar surface area (TPSA) is 65.7 Å². The lowest BCUT2D eigenvalue weighted by Crippen LogP contribution is -2.04. The normalized spacial score (nSPS) is 11.1. The molecule has 0 radical (unpaired) electrons. The van der Waals surface area contributed by atoms with Gasteiger partial charge in [-0.3, -0.25) is 0 Å². The zero-order valence-corrected chi connectivity index (χ0v) is 15.6. The lowest BCUT2D eigenvalue weighted by atomic mass is 10.2. The van der Waals surface area contributed by atoms with Crippen LogP contribution >= 0.6 is 11.8 Å². The quantitative estimate of drug-likeness (QED) is 0.523. The molecule has 0 unspecified atom stereocenters. The average molecular weight is 381 g/mol. The fourth-order valence-electron chi connectivity index (χ4n) is 2.68. The van der Waals surface area contributed by atoms with Gasteiger partial charge in [-0.2, -0.15) is 5.10 Å². The number of halogens is 1. The number of aromatic nitrogens is 5. The molecule has 0 fully saturated rings. The molecular formula is C19H16FN5OS. The first-order valence-corrected chi connectivity index (χ1v) is 9.08. The largest absolute Gasteiger partial charge is 0.497 e. The summed E-state index contributed by atoms with van der Waals surface area (Å²) in [6, 6.07) is 14.1. The van der Waals surface area contributed by atoms with Crippen molar-refractivity contribution < 1.29 is 9.13 Å². The molecule has 2 heterocycles. The van der Waals surface area contributed by atoms with Crippen LogP contribution in [0, 0.1) is 12.7 Å². The van der Waals surface area contributed by atoms with Crippen LogP contribution in [0.1, 0.15) is 11.3 Å². The first kappa shape index (κ1) is 17.4. The van der Waals surface area contributed by atoms with Crippen molar-refractivity contribution in [2.24, 2.45) is 0 Å². The van der Waals surface area contributed by atoms with Crippen LogP contribution in [0.3, 0.4) is 0 Å². The summed E-state index contributed by atoms with van der Waals surface area (Å²) in [5.74, 6) is 0.530. The molecule has 4 aromatic rings. The third-order valence-electron chi connectivity index (χ3n) is 4.09. The predicted molar refractivity (Wildman–Crippen MR) is 100 cm³/mol. The summed E-state index contributed by atoms with van der Waals surface area (Å²) in [6.07, 6.45) is 0. The van der Waals surface area contributed by atoms with E-state index in [-0.39, 0.29) is 5.82 Å². The molecule has 8 heteroatoms. The van der Waals surface area contributed by atoms with Gasteiger partial charge in [-0.15, -0.1) is 10.2 Å². The summed E-state index contributed by atoms with van der Waals surface area (Å²) in [5, 5.41) is 17.8. The van der Waals surface area contributed by atoms with Crippen LogP contribution in [-0.2, 0) is 6.54 Å². The molecule has 2 aromatic heterocycles. The van der Waals surface area contributed by atoms with Crippen molar-refractivity contribution in [2.75, 3.05) is 7.11 Å². The number of aryl methyl sites for hydroxylation is 1. The van der Waals surface area contributed by atoms with E-state index in [1.807, 2.05) is 31.2 Å². The average Bonchev–Trinajstić information content (AvgIpc) is 3.11. The standard InChI is InChI=1S/C19H16FN5OS/c1-12-17-18(25(24-22-17)11-13-3-5-14(20)6-4-13)19(23-21-12)27-16-9-7-15(26-2)8-10-16/h3-10H,11H2,1-2H3. The van der Waals surface area contributed by atoms with Gasteiger partial charge in [0.2, 0.25) is 0 Å². The Balaban J connectivity index is 1.72. The lowest BCUT2D eigenvalue weighted by molar-refractivity contribution is 0.414. The fraction of sp³-hybridized carbons (Fsp3) is 0.158. The molecule has 0 aliphatic heterocycles. The van der Waals surface area contributed by atoms with Gasteiger partial charge in [-0.05, 0) is 48.9 Å². The minimum absolute atomic E-state index is 0.264. The molecule has 0 aliphatic carbocycles. The molecule has 4 rings (SSSR count). The monoisotopic (exact) mass is 381 g/mol. The number of benzene rings is 2. The summed E-state index contributed by atoms with van der Waals surface area (Å²) in [5.41, 5.74) is 3.17. The van der Waals surface area contributed by atoms with Crippen LogP contribution < -0.4 is 4.74 Å². The second kappa shape index (κ2) is 7.32. The van der Waals surface area contributed by atoms with Crippen molar-refractivity contribution >= 4 is 22.8 Å². The molecule has 136 valence electrons. The number of ether oxygens (including phenoxy) is 1. The second-order valence-corrected chi connectivity index (χ2v) is 7.00. The number of methoxy groups -OCH3 is 1. The molecule has 0 spiro atoms. The Morgan fingerprint density at radius 2 is 1.74 bits per heavy atom. The van der Waals surface area contributed by atoms with Crippen LogP contribution in [-0.4, -0.2) is 32.3 Å². The summed E-state index contributed by atoms with van der Waals surface area (Å²) < 4.78 is 20.1. The van der Waals surface area contributed by atoms with Crippen molar-refractivity contribution in [1.82, 2.24) is 25.2 Å². The van der Waals surface area contributed by atoms with Gasteiger partial charge in [0.1, 0.15) is 22.6 Å². The van der Waals surface area contributed by atoms with Crippen LogP contribution in [0.2, 0.25) is 0 Å². The highest BCUT2D eigenvalue weighted by Crippen LogP contribution is 2.32. The van der Waals surface area contributed by atoms with Gasteiger partial charge in [0, 0.05) is 4.90 Å². The van der Waals surface area contributed by atoms with Crippen LogP contribution in [0.4, 0.5) is 4.39 Å². The first-order chi connectivity index (χ1) is 13.1. The predicted octanol–water partition coefficient (Wildman–Crippen LogP) is 3.88. The molecule has 0 saturated heterocycles. The van der Waals surface area contributed by atoms with E-state index in [1.54, 1.807) is 23.9 Å². The fourth-order valence-corrected chi connectivity index (χ4v) is 3.56. The Labute approximate surface area is 159 Å². The van der Waals surface area contributed by atoms with E-state index >= 15 is 0 Å². The molecule has 0 atom stereocenters. The molecule has 0 N–H and O–H groups in total. The van der Waals surface area contributed by atoms with E-state index in [2.05, 4.69) is 20.5 Å². The van der Waals surface area contributed by atoms with E-state index in [0.717, 1.165) is 27.4 Å². The van der Waals surface area contributed by atoms with Crippen LogP contribution in [0.25, 0.3) is 11.0 Å². The SMILES string of the molecule is COc1ccc(Sc2nnc(C)c3nnn(Cc4ccc(F)cc4)c23)cc1. The van der Waals surface area contributed by atoms with Gasteiger partial charge in [0.15, 0.2) is 5.03 Å².